The highest BCUT2D eigenvalue weighted by atomic mass is 19.4. The van der Waals surface area contributed by atoms with Crippen LogP contribution in [0.4, 0.5) is 13.2 Å². The van der Waals surface area contributed by atoms with Crippen LogP contribution in [0.2, 0.25) is 0 Å². The zero-order valence-corrected chi connectivity index (χ0v) is 16.3. The summed E-state index contributed by atoms with van der Waals surface area (Å²) >= 11 is 0. The summed E-state index contributed by atoms with van der Waals surface area (Å²) < 4.78 is 42.9. The minimum atomic E-state index is -4.43. The molecule has 158 valence electrons. The number of hydrogen-bond acceptors (Lipinski definition) is 4. The maximum atomic E-state index is 12.5. The number of rotatable bonds is 8. The molecule has 0 amide bonds. The molecule has 1 heterocycles. The van der Waals surface area contributed by atoms with Gasteiger partial charge in [0.1, 0.15) is 12.2 Å². The first kappa shape index (κ1) is 22.5. The molecule has 0 radical (unpaired) electrons. The molecule has 29 heavy (non-hydrogen) atoms. The van der Waals surface area contributed by atoms with Gasteiger partial charge in [0.25, 0.3) is 0 Å². The highest BCUT2D eigenvalue weighted by Gasteiger charge is 2.30. The van der Waals surface area contributed by atoms with Gasteiger partial charge in [0.2, 0.25) is 5.88 Å². The third-order valence-electron chi connectivity index (χ3n) is 3.99. The van der Waals surface area contributed by atoms with Gasteiger partial charge in [-0.25, -0.2) is 9.98 Å². The number of nitrogens with zero attached hydrogens (tertiary/aromatic N) is 2. The van der Waals surface area contributed by atoms with E-state index in [9.17, 15) is 18.3 Å². The van der Waals surface area contributed by atoms with E-state index in [1.807, 2.05) is 37.3 Å². The van der Waals surface area contributed by atoms with Crippen LogP contribution in [0.1, 0.15) is 25.0 Å². The number of hydrogen-bond donors (Lipinski definition) is 3. The zero-order valence-electron chi connectivity index (χ0n) is 16.3. The first-order valence-corrected chi connectivity index (χ1v) is 9.18. The number of pyridine rings is 1. The van der Waals surface area contributed by atoms with Gasteiger partial charge < -0.3 is 20.5 Å². The van der Waals surface area contributed by atoms with E-state index in [0.717, 1.165) is 17.8 Å². The van der Waals surface area contributed by atoms with Gasteiger partial charge in [0.05, 0.1) is 18.7 Å². The van der Waals surface area contributed by atoms with Gasteiger partial charge in [-0.3, -0.25) is 0 Å². The summed E-state index contributed by atoms with van der Waals surface area (Å²) in [5.74, 6) is 0.599. The predicted molar refractivity (Wildman–Crippen MR) is 105 cm³/mol. The van der Waals surface area contributed by atoms with Crippen molar-refractivity contribution in [3.05, 3.63) is 59.8 Å². The average Bonchev–Trinajstić information content (AvgIpc) is 2.69. The molecule has 1 aromatic heterocycles. The Balaban J connectivity index is 1.85. The minimum Gasteiger partial charge on any atom is -0.476 e. The smallest absolute Gasteiger partial charge is 0.417 e. The number of alkyl halides is 3. The van der Waals surface area contributed by atoms with E-state index in [2.05, 4.69) is 20.6 Å². The van der Waals surface area contributed by atoms with Gasteiger partial charge in [-0.15, -0.1) is 0 Å². The molecule has 2 aromatic rings. The van der Waals surface area contributed by atoms with Crippen LogP contribution in [-0.4, -0.2) is 42.3 Å². The number of aliphatic imine (C=N–C) groups is 1. The van der Waals surface area contributed by atoms with Crippen LogP contribution >= 0.6 is 0 Å². The van der Waals surface area contributed by atoms with Crippen LogP contribution in [0.3, 0.4) is 0 Å². The van der Waals surface area contributed by atoms with Gasteiger partial charge in [-0.2, -0.15) is 13.2 Å². The lowest BCUT2D eigenvalue weighted by Crippen LogP contribution is -2.40. The van der Waals surface area contributed by atoms with Crippen molar-refractivity contribution < 1.29 is 23.0 Å². The largest absolute Gasteiger partial charge is 0.476 e. The summed E-state index contributed by atoms with van der Waals surface area (Å²) in [4.78, 5) is 8.04. The topological polar surface area (TPSA) is 78.8 Å². The summed E-state index contributed by atoms with van der Waals surface area (Å²) in [6.45, 7) is 4.90. The van der Waals surface area contributed by atoms with Crippen molar-refractivity contribution in [2.75, 3.05) is 26.2 Å². The first-order valence-electron chi connectivity index (χ1n) is 9.18. The molecule has 1 aromatic carbocycles. The van der Waals surface area contributed by atoms with Crippen LogP contribution in [0, 0.1) is 0 Å². The molecule has 0 aliphatic carbocycles. The van der Waals surface area contributed by atoms with Crippen molar-refractivity contribution in [1.82, 2.24) is 15.6 Å². The Labute approximate surface area is 167 Å². The van der Waals surface area contributed by atoms with Crippen LogP contribution in [0.5, 0.6) is 5.88 Å². The maximum Gasteiger partial charge on any atom is 0.417 e. The van der Waals surface area contributed by atoms with E-state index >= 15 is 0 Å². The molecule has 0 saturated heterocycles. The number of aliphatic hydroxyl groups is 1. The molecule has 0 spiro atoms. The number of halogens is 3. The van der Waals surface area contributed by atoms with E-state index in [1.165, 1.54) is 6.07 Å². The zero-order chi connectivity index (χ0) is 21.3. The molecule has 0 aliphatic heterocycles. The van der Waals surface area contributed by atoms with Crippen molar-refractivity contribution >= 4 is 5.96 Å². The van der Waals surface area contributed by atoms with Gasteiger partial charge in [0.15, 0.2) is 5.96 Å². The standard InChI is InChI=1S/C20H25F3N4O2/c1-3-24-18(27-14-19(2,28)15-7-5-4-6-8-15)25-11-12-29-17-10-9-16(13-26-17)20(21,22)23/h4-10,13,28H,3,11-12,14H2,1-2H3,(H2,24,25,27). The molecular weight excluding hydrogens is 385 g/mol. The lowest BCUT2D eigenvalue weighted by atomic mass is 9.96. The Kier molecular flexibility index (Phi) is 7.83. The number of aromatic nitrogens is 1. The van der Waals surface area contributed by atoms with E-state index < -0.39 is 17.3 Å². The molecule has 0 saturated carbocycles. The number of benzene rings is 1. The lowest BCUT2D eigenvalue weighted by molar-refractivity contribution is -0.137. The summed E-state index contributed by atoms with van der Waals surface area (Å²) in [6.07, 6.45) is -3.69. The van der Waals surface area contributed by atoms with Crippen molar-refractivity contribution in [2.45, 2.75) is 25.6 Å². The fourth-order valence-electron chi connectivity index (χ4n) is 2.42. The highest BCUT2D eigenvalue weighted by Crippen LogP contribution is 2.29. The average molecular weight is 410 g/mol. The monoisotopic (exact) mass is 410 g/mol. The van der Waals surface area contributed by atoms with E-state index in [-0.39, 0.29) is 19.0 Å². The van der Waals surface area contributed by atoms with Crippen molar-refractivity contribution in [2.24, 2.45) is 4.99 Å². The quantitative estimate of drug-likeness (QED) is 0.354. The Hall–Kier alpha value is -2.81. The summed E-state index contributed by atoms with van der Waals surface area (Å²) in [7, 11) is 0. The van der Waals surface area contributed by atoms with Crippen LogP contribution in [0.25, 0.3) is 0 Å². The Morgan fingerprint density at radius 3 is 2.41 bits per heavy atom. The van der Waals surface area contributed by atoms with Gasteiger partial charge in [0, 0.05) is 18.8 Å². The van der Waals surface area contributed by atoms with Crippen molar-refractivity contribution in [1.29, 1.82) is 0 Å². The lowest BCUT2D eigenvalue weighted by Gasteiger charge is -2.22. The molecule has 0 bridgehead atoms. The fraction of sp³-hybridized carbons (Fsp3) is 0.400. The summed E-state index contributed by atoms with van der Waals surface area (Å²) in [6, 6.07) is 11.3. The van der Waals surface area contributed by atoms with Crippen molar-refractivity contribution in [3.8, 4) is 5.88 Å². The molecule has 0 aliphatic rings. The van der Waals surface area contributed by atoms with E-state index in [1.54, 1.807) is 6.92 Å². The maximum absolute atomic E-state index is 12.5. The minimum absolute atomic E-state index is 0.105. The Bertz CT molecular complexity index is 779. The highest BCUT2D eigenvalue weighted by molar-refractivity contribution is 5.79. The van der Waals surface area contributed by atoms with Gasteiger partial charge in [-0.05, 0) is 25.5 Å². The number of ether oxygens (including phenoxy) is 1. The molecule has 0 fully saturated rings. The van der Waals surface area contributed by atoms with Crippen LogP contribution in [0.15, 0.2) is 53.7 Å². The number of nitrogens with one attached hydrogen (secondary N) is 2. The second-order valence-corrected chi connectivity index (χ2v) is 6.49. The molecule has 3 N–H and O–H groups in total. The molecule has 1 unspecified atom stereocenters. The molecule has 1 atom stereocenters. The molecule has 9 heteroatoms. The van der Waals surface area contributed by atoms with Crippen LogP contribution < -0.4 is 15.4 Å². The van der Waals surface area contributed by atoms with Crippen molar-refractivity contribution in [3.63, 3.8) is 0 Å². The SMILES string of the molecule is CCNC(=NCC(C)(O)c1ccccc1)NCCOc1ccc(C(F)(F)F)cn1. The Morgan fingerprint density at radius 2 is 1.83 bits per heavy atom. The molecular formula is C20H25F3N4O2. The molecule has 2 rings (SSSR count). The Morgan fingerprint density at radius 1 is 1.10 bits per heavy atom. The summed E-state index contributed by atoms with van der Waals surface area (Å²) in [5, 5.41) is 16.7. The summed E-state index contributed by atoms with van der Waals surface area (Å²) in [5.41, 5.74) is -1.18. The number of guanidine groups is 1. The second kappa shape index (κ2) is 10.1. The van der Waals surface area contributed by atoms with Gasteiger partial charge in [-0.1, -0.05) is 30.3 Å². The predicted octanol–water partition coefficient (Wildman–Crippen LogP) is 2.94. The van der Waals surface area contributed by atoms with E-state index in [0.29, 0.717) is 19.0 Å². The van der Waals surface area contributed by atoms with E-state index in [4.69, 9.17) is 4.74 Å². The first-order chi connectivity index (χ1) is 13.7. The third-order valence-corrected chi connectivity index (χ3v) is 3.99. The van der Waals surface area contributed by atoms with Crippen LogP contribution in [-0.2, 0) is 11.8 Å². The van der Waals surface area contributed by atoms with Gasteiger partial charge >= 0.3 is 6.18 Å². The fourth-order valence-corrected chi connectivity index (χ4v) is 2.42. The third kappa shape index (κ3) is 7.26. The molecule has 6 nitrogen and oxygen atoms in total. The normalized spacial score (nSPS) is 14.2. The second-order valence-electron chi connectivity index (χ2n) is 6.49.